The van der Waals surface area contributed by atoms with Crippen LogP contribution in [0.4, 0.5) is 0 Å². The van der Waals surface area contributed by atoms with Gasteiger partial charge in [-0.15, -0.1) is 0 Å². The van der Waals surface area contributed by atoms with E-state index in [0.717, 1.165) is 6.42 Å². The van der Waals surface area contributed by atoms with Crippen molar-refractivity contribution in [2.45, 2.75) is 66.8 Å². The molecule has 1 heterocycles. The molecule has 182 valence electrons. The Bertz CT molecular complexity index is 1210. The smallest absolute Gasteiger partial charge is 0.266 e. The van der Waals surface area contributed by atoms with Gasteiger partial charge < -0.3 is 4.90 Å². The van der Waals surface area contributed by atoms with Gasteiger partial charge in [-0.05, 0) is 54.5 Å². The summed E-state index contributed by atoms with van der Waals surface area (Å²) in [7, 11) is 0. The lowest BCUT2D eigenvalue weighted by atomic mass is 9.91. The van der Waals surface area contributed by atoms with Crippen LogP contribution in [0.15, 0.2) is 53.3 Å². The summed E-state index contributed by atoms with van der Waals surface area (Å²) in [5.41, 5.74) is 0.977. The predicted octanol–water partition coefficient (Wildman–Crippen LogP) is 6.80. The minimum atomic E-state index is -0.343. The van der Waals surface area contributed by atoms with Crippen molar-refractivity contribution in [1.82, 2.24) is 14.5 Å². The standard InChI is InChI=1S/C28H36ClN3O2/c1-7-24(31(16-15-19(2)3)25(33)18-28(4,5)6)26-30-23-14-9-8-13-22(23)27(34)32(26)21-12-10-11-20(29)17-21/h8-14,17,19,24H,7,15-16,18H2,1-6H3. The number of halogens is 1. The van der Waals surface area contributed by atoms with Crippen LogP contribution in [0.5, 0.6) is 0 Å². The van der Waals surface area contributed by atoms with E-state index in [1.165, 1.54) is 0 Å². The van der Waals surface area contributed by atoms with Gasteiger partial charge in [0.15, 0.2) is 0 Å². The maximum atomic E-state index is 13.7. The van der Waals surface area contributed by atoms with Crippen molar-refractivity contribution in [3.63, 3.8) is 0 Å². The summed E-state index contributed by atoms with van der Waals surface area (Å²) in [5.74, 6) is 1.10. The third-order valence-electron chi connectivity index (χ3n) is 5.88. The summed E-state index contributed by atoms with van der Waals surface area (Å²) in [5, 5.41) is 1.08. The van der Waals surface area contributed by atoms with Crippen LogP contribution < -0.4 is 5.56 Å². The molecule has 0 aliphatic carbocycles. The highest BCUT2D eigenvalue weighted by molar-refractivity contribution is 6.30. The largest absolute Gasteiger partial charge is 0.332 e. The van der Waals surface area contributed by atoms with E-state index in [9.17, 15) is 9.59 Å². The number of nitrogens with zero attached hydrogens (tertiary/aromatic N) is 3. The van der Waals surface area contributed by atoms with Gasteiger partial charge in [0.25, 0.3) is 5.56 Å². The Morgan fingerprint density at radius 3 is 2.44 bits per heavy atom. The molecule has 0 saturated carbocycles. The fourth-order valence-corrected chi connectivity index (χ4v) is 4.37. The molecule has 0 N–H and O–H groups in total. The second-order valence-electron chi connectivity index (χ2n) is 10.5. The van der Waals surface area contributed by atoms with Crippen molar-refractivity contribution >= 4 is 28.4 Å². The van der Waals surface area contributed by atoms with Gasteiger partial charge in [0.05, 0.1) is 22.6 Å². The van der Waals surface area contributed by atoms with E-state index >= 15 is 0 Å². The van der Waals surface area contributed by atoms with E-state index in [4.69, 9.17) is 16.6 Å². The Morgan fingerprint density at radius 2 is 1.82 bits per heavy atom. The van der Waals surface area contributed by atoms with E-state index in [-0.39, 0.29) is 22.9 Å². The highest BCUT2D eigenvalue weighted by Crippen LogP contribution is 2.30. The highest BCUT2D eigenvalue weighted by atomic mass is 35.5. The van der Waals surface area contributed by atoms with E-state index < -0.39 is 0 Å². The van der Waals surface area contributed by atoms with Crippen LogP contribution in [0.25, 0.3) is 16.6 Å². The molecule has 2 aromatic carbocycles. The average molecular weight is 482 g/mol. The zero-order valence-corrected chi connectivity index (χ0v) is 21.9. The Balaban J connectivity index is 2.25. The molecule has 0 aliphatic heterocycles. The lowest BCUT2D eigenvalue weighted by molar-refractivity contribution is -0.136. The first kappa shape index (κ1) is 26.0. The summed E-state index contributed by atoms with van der Waals surface area (Å²) < 4.78 is 1.63. The first-order valence-corrected chi connectivity index (χ1v) is 12.5. The van der Waals surface area contributed by atoms with Gasteiger partial charge in [-0.1, -0.05) is 71.3 Å². The fourth-order valence-electron chi connectivity index (χ4n) is 4.19. The van der Waals surface area contributed by atoms with Gasteiger partial charge in [-0.2, -0.15) is 0 Å². The van der Waals surface area contributed by atoms with Crippen molar-refractivity contribution in [3.8, 4) is 5.69 Å². The van der Waals surface area contributed by atoms with Crippen molar-refractivity contribution in [2.75, 3.05) is 6.54 Å². The number of amides is 1. The van der Waals surface area contributed by atoms with Crippen molar-refractivity contribution < 1.29 is 4.79 Å². The van der Waals surface area contributed by atoms with Crippen LogP contribution in [-0.2, 0) is 4.79 Å². The topological polar surface area (TPSA) is 55.2 Å². The monoisotopic (exact) mass is 481 g/mol. The van der Waals surface area contributed by atoms with E-state index in [2.05, 4.69) is 34.6 Å². The molecule has 0 bridgehead atoms. The van der Waals surface area contributed by atoms with Gasteiger partial charge in [-0.3, -0.25) is 14.2 Å². The Kier molecular flexibility index (Phi) is 8.19. The molecule has 1 atom stereocenters. The number of para-hydroxylation sites is 1. The van der Waals surface area contributed by atoms with Gasteiger partial charge in [0.1, 0.15) is 5.82 Å². The Morgan fingerprint density at radius 1 is 1.12 bits per heavy atom. The summed E-state index contributed by atoms with van der Waals surface area (Å²) in [6, 6.07) is 14.2. The third-order valence-corrected chi connectivity index (χ3v) is 6.11. The van der Waals surface area contributed by atoms with E-state index in [1.54, 1.807) is 22.8 Å². The molecule has 6 heteroatoms. The highest BCUT2D eigenvalue weighted by Gasteiger charge is 2.31. The molecule has 0 fully saturated rings. The van der Waals surface area contributed by atoms with Gasteiger partial charge in [0, 0.05) is 18.0 Å². The number of hydrogen-bond donors (Lipinski definition) is 0. The lowest BCUT2D eigenvalue weighted by Crippen LogP contribution is -2.40. The number of benzene rings is 2. The molecule has 5 nitrogen and oxygen atoms in total. The van der Waals surface area contributed by atoms with Crippen molar-refractivity contribution in [1.29, 1.82) is 0 Å². The molecule has 3 aromatic rings. The SMILES string of the molecule is CCC(c1nc2ccccc2c(=O)n1-c1cccc(Cl)c1)N(CCC(C)C)C(=O)CC(C)(C)C. The zero-order valence-electron chi connectivity index (χ0n) is 21.1. The third kappa shape index (κ3) is 6.06. The molecule has 0 spiro atoms. The molecule has 34 heavy (non-hydrogen) atoms. The van der Waals surface area contributed by atoms with Gasteiger partial charge in [0.2, 0.25) is 5.91 Å². The lowest BCUT2D eigenvalue weighted by Gasteiger charge is -2.34. The molecule has 0 saturated heterocycles. The number of hydrogen-bond acceptors (Lipinski definition) is 3. The molecule has 1 aromatic heterocycles. The summed E-state index contributed by atoms with van der Waals surface area (Å²) >= 11 is 6.30. The molecule has 1 unspecified atom stereocenters. The van der Waals surface area contributed by atoms with Crippen LogP contribution in [0, 0.1) is 11.3 Å². The van der Waals surface area contributed by atoms with E-state index in [0.29, 0.717) is 52.7 Å². The molecular weight excluding hydrogens is 446 g/mol. The first-order valence-electron chi connectivity index (χ1n) is 12.1. The normalized spacial score (nSPS) is 12.8. The second-order valence-corrected chi connectivity index (χ2v) is 11.0. The van der Waals surface area contributed by atoms with Gasteiger partial charge >= 0.3 is 0 Å². The second kappa shape index (κ2) is 10.7. The molecular formula is C28H36ClN3O2. The predicted molar refractivity (Wildman–Crippen MR) is 141 cm³/mol. The molecule has 1 amide bonds. The quantitative estimate of drug-likeness (QED) is 0.355. The zero-order chi connectivity index (χ0) is 25.0. The minimum Gasteiger partial charge on any atom is -0.332 e. The maximum Gasteiger partial charge on any atom is 0.266 e. The van der Waals surface area contributed by atoms with Crippen molar-refractivity contribution in [2.24, 2.45) is 11.3 Å². The van der Waals surface area contributed by atoms with Gasteiger partial charge in [-0.25, -0.2) is 4.98 Å². The van der Waals surface area contributed by atoms with Crippen LogP contribution in [0.2, 0.25) is 5.02 Å². The summed E-state index contributed by atoms with van der Waals surface area (Å²) in [6.07, 6.45) is 1.94. The van der Waals surface area contributed by atoms with Crippen LogP contribution in [0.3, 0.4) is 0 Å². The molecule has 3 rings (SSSR count). The number of fused-ring (bicyclic) bond motifs is 1. The minimum absolute atomic E-state index is 0.0834. The number of rotatable bonds is 8. The first-order chi connectivity index (χ1) is 16.0. The van der Waals surface area contributed by atoms with E-state index in [1.807, 2.05) is 42.2 Å². The number of carbonyl (C=O) groups is 1. The van der Waals surface area contributed by atoms with Crippen LogP contribution in [-0.4, -0.2) is 26.9 Å². The summed E-state index contributed by atoms with van der Waals surface area (Å²) in [6.45, 7) is 13.2. The molecule has 0 aliphatic rings. The van der Waals surface area contributed by atoms with Crippen molar-refractivity contribution in [3.05, 3.63) is 69.7 Å². The number of carbonyl (C=O) groups excluding carboxylic acids is 1. The summed E-state index contributed by atoms with van der Waals surface area (Å²) in [4.78, 5) is 34.2. The molecule has 0 radical (unpaired) electrons. The number of aromatic nitrogens is 2. The maximum absolute atomic E-state index is 13.7. The van der Waals surface area contributed by atoms with Crippen LogP contribution in [0.1, 0.15) is 72.7 Å². The average Bonchev–Trinajstić information content (AvgIpc) is 2.75. The fraction of sp³-hybridized carbons (Fsp3) is 0.464. The van der Waals surface area contributed by atoms with Crippen LogP contribution >= 0.6 is 11.6 Å². The Hall–Kier alpha value is -2.66. The Labute approximate surface area is 207 Å².